The van der Waals surface area contributed by atoms with Crippen LogP contribution in [0.1, 0.15) is 32.1 Å². The topological polar surface area (TPSA) is 124 Å². The summed E-state index contributed by atoms with van der Waals surface area (Å²) < 4.78 is 26.7. The predicted molar refractivity (Wildman–Crippen MR) is 117 cm³/mol. The van der Waals surface area contributed by atoms with Gasteiger partial charge in [-0.25, -0.2) is 17.7 Å². The highest BCUT2D eigenvalue weighted by Gasteiger charge is 2.27. The fourth-order valence-electron chi connectivity index (χ4n) is 4.42. The maximum absolute atomic E-state index is 11.7. The van der Waals surface area contributed by atoms with Gasteiger partial charge in [-0.1, -0.05) is 0 Å². The van der Waals surface area contributed by atoms with Gasteiger partial charge in [0.2, 0.25) is 16.0 Å². The van der Waals surface area contributed by atoms with Gasteiger partial charge in [0.05, 0.1) is 12.5 Å². The largest absolute Gasteiger partial charge is 0.367 e. The molecule has 11 nitrogen and oxygen atoms in total. The summed E-state index contributed by atoms with van der Waals surface area (Å²) in [5.41, 5.74) is 3.53. The SMILES string of the molecule is CS(=O)(=O)N1CCC(Nc2nc3c(N4CCCCC4)c(-c4cn[nH]c4)ncn3n2)CC1. The lowest BCUT2D eigenvalue weighted by Crippen LogP contribution is -2.41. The molecule has 12 heteroatoms. The molecule has 0 amide bonds. The van der Waals surface area contributed by atoms with Crippen LogP contribution in [0, 0.1) is 0 Å². The van der Waals surface area contributed by atoms with Crippen molar-refractivity contribution in [2.45, 2.75) is 38.1 Å². The van der Waals surface area contributed by atoms with E-state index in [1.165, 1.54) is 17.0 Å². The quantitative estimate of drug-likeness (QED) is 0.603. The molecule has 0 atom stereocenters. The molecule has 0 aliphatic carbocycles. The van der Waals surface area contributed by atoms with E-state index in [2.05, 4.69) is 30.5 Å². The maximum Gasteiger partial charge on any atom is 0.243 e. The molecule has 0 saturated carbocycles. The minimum absolute atomic E-state index is 0.134. The van der Waals surface area contributed by atoms with Crippen LogP contribution in [-0.4, -0.2) is 81.0 Å². The van der Waals surface area contributed by atoms with E-state index in [1.54, 1.807) is 17.0 Å². The summed E-state index contributed by atoms with van der Waals surface area (Å²) in [6.07, 6.45) is 11.5. The average molecular weight is 446 g/mol. The first-order chi connectivity index (χ1) is 15.0. The highest BCUT2D eigenvalue weighted by Crippen LogP contribution is 2.34. The first-order valence-electron chi connectivity index (χ1n) is 10.7. The van der Waals surface area contributed by atoms with Gasteiger partial charge >= 0.3 is 0 Å². The molecule has 2 aliphatic heterocycles. The van der Waals surface area contributed by atoms with Crippen molar-refractivity contribution in [3.8, 4) is 11.3 Å². The van der Waals surface area contributed by atoms with Crippen molar-refractivity contribution in [3.63, 3.8) is 0 Å². The Morgan fingerprint density at radius 2 is 1.90 bits per heavy atom. The molecule has 0 bridgehead atoms. The second-order valence-corrected chi connectivity index (χ2v) is 10.2. The van der Waals surface area contributed by atoms with Gasteiger partial charge in [0, 0.05) is 44.0 Å². The highest BCUT2D eigenvalue weighted by molar-refractivity contribution is 7.88. The smallest absolute Gasteiger partial charge is 0.243 e. The van der Waals surface area contributed by atoms with Crippen LogP contribution in [0.4, 0.5) is 11.6 Å². The third-order valence-corrected chi connectivity index (χ3v) is 7.37. The van der Waals surface area contributed by atoms with Crippen LogP contribution < -0.4 is 10.2 Å². The molecule has 166 valence electrons. The van der Waals surface area contributed by atoms with Gasteiger partial charge < -0.3 is 10.2 Å². The van der Waals surface area contributed by atoms with Crippen molar-refractivity contribution in [2.24, 2.45) is 0 Å². The summed E-state index contributed by atoms with van der Waals surface area (Å²) >= 11 is 0. The average Bonchev–Trinajstić information content (AvgIpc) is 3.43. The number of hydrogen-bond acceptors (Lipinski definition) is 8. The Balaban J connectivity index is 1.44. The minimum atomic E-state index is -3.14. The predicted octanol–water partition coefficient (Wildman–Crippen LogP) is 1.34. The van der Waals surface area contributed by atoms with E-state index in [9.17, 15) is 8.42 Å². The molecule has 2 N–H and O–H groups in total. The Kier molecular flexibility index (Phi) is 5.26. The molecule has 5 heterocycles. The molecule has 0 radical (unpaired) electrons. The Morgan fingerprint density at radius 3 is 2.58 bits per heavy atom. The fourth-order valence-corrected chi connectivity index (χ4v) is 5.29. The number of nitrogens with zero attached hydrogens (tertiary/aromatic N) is 7. The second kappa shape index (κ2) is 8.08. The molecule has 0 spiro atoms. The summed E-state index contributed by atoms with van der Waals surface area (Å²) in [6, 6.07) is 0.134. The van der Waals surface area contributed by atoms with Gasteiger partial charge in [0.1, 0.15) is 17.7 Å². The number of fused-ring (bicyclic) bond motifs is 1. The van der Waals surface area contributed by atoms with Crippen molar-refractivity contribution in [2.75, 3.05) is 42.7 Å². The number of hydrogen-bond donors (Lipinski definition) is 2. The van der Waals surface area contributed by atoms with Gasteiger partial charge in [-0.3, -0.25) is 5.10 Å². The standard InChI is InChI=1S/C19H27N9O2S/c1-31(29,30)27-9-5-15(6-10-27)23-19-24-18-17(26-7-3-2-4-8-26)16(14-11-21-22-12-14)20-13-28(18)25-19/h11-13,15H,2-10H2,1H3,(H,21,22)(H,23,25). The molecular weight excluding hydrogens is 418 g/mol. The Bertz CT molecular complexity index is 1140. The zero-order valence-corrected chi connectivity index (χ0v) is 18.3. The van der Waals surface area contributed by atoms with E-state index in [0.717, 1.165) is 61.4 Å². The van der Waals surface area contributed by atoms with E-state index in [-0.39, 0.29) is 6.04 Å². The lowest BCUT2D eigenvalue weighted by molar-refractivity contribution is 0.331. The summed E-state index contributed by atoms with van der Waals surface area (Å²) in [6.45, 7) is 2.95. The first-order valence-corrected chi connectivity index (χ1v) is 12.5. The first kappa shape index (κ1) is 20.2. The number of rotatable bonds is 5. The van der Waals surface area contributed by atoms with Gasteiger partial charge in [-0.2, -0.15) is 14.6 Å². The Labute approximate surface area is 180 Å². The monoisotopic (exact) mass is 445 g/mol. The van der Waals surface area contributed by atoms with Crippen molar-refractivity contribution < 1.29 is 8.42 Å². The third-order valence-electron chi connectivity index (χ3n) is 6.06. The number of nitrogens with one attached hydrogen (secondary N) is 2. The second-order valence-electron chi connectivity index (χ2n) is 8.26. The number of H-pyrrole nitrogens is 1. The number of anilines is 2. The molecule has 0 aromatic carbocycles. The van der Waals surface area contributed by atoms with E-state index in [1.807, 2.05) is 6.20 Å². The molecule has 5 rings (SSSR count). The summed E-state index contributed by atoms with van der Waals surface area (Å²) in [5, 5.41) is 15.0. The summed E-state index contributed by atoms with van der Waals surface area (Å²) in [7, 11) is -3.14. The van der Waals surface area contributed by atoms with Crippen molar-refractivity contribution in [3.05, 3.63) is 18.7 Å². The van der Waals surface area contributed by atoms with Crippen LogP contribution in [0.25, 0.3) is 16.9 Å². The zero-order chi connectivity index (χ0) is 21.4. The molecular formula is C19H27N9O2S. The molecule has 3 aromatic heterocycles. The van der Waals surface area contributed by atoms with Crippen LogP contribution in [0.3, 0.4) is 0 Å². The number of sulfonamides is 1. The molecule has 3 aromatic rings. The van der Waals surface area contributed by atoms with Crippen molar-refractivity contribution in [1.29, 1.82) is 0 Å². The van der Waals surface area contributed by atoms with Crippen molar-refractivity contribution >= 4 is 27.3 Å². The molecule has 31 heavy (non-hydrogen) atoms. The van der Waals surface area contributed by atoms with E-state index < -0.39 is 10.0 Å². The number of aromatic nitrogens is 6. The van der Waals surface area contributed by atoms with E-state index in [4.69, 9.17) is 4.98 Å². The minimum Gasteiger partial charge on any atom is -0.367 e. The van der Waals surface area contributed by atoms with Crippen LogP contribution in [0.5, 0.6) is 0 Å². The normalized spacial score (nSPS) is 19.2. The van der Waals surface area contributed by atoms with Crippen LogP contribution in [0.2, 0.25) is 0 Å². The highest BCUT2D eigenvalue weighted by atomic mass is 32.2. The molecule has 0 unspecified atom stereocenters. The third kappa shape index (κ3) is 4.09. The van der Waals surface area contributed by atoms with Crippen molar-refractivity contribution in [1.82, 2.24) is 34.1 Å². The Morgan fingerprint density at radius 1 is 1.13 bits per heavy atom. The van der Waals surface area contributed by atoms with Crippen LogP contribution >= 0.6 is 0 Å². The fraction of sp³-hybridized carbons (Fsp3) is 0.579. The summed E-state index contributed by atoms with van der Waals surface area (Å²) in [4.78, 5) is 11.8. The zero-order valence-electron chi connectivity index (χ0n) is 17.5. The lowest BCUT2D eigenvalue weighted by Gasteiger charge is -2.30. The molecule has 2 fully saturated rings. The maximum atomic E-state index is 11.7. The van der Waals surface area contributed by atoms with Crippen LogP contribution in [0.15, 0.2) is 18.7 Å². The lowest BCUT2D eigenvalue weighted by atomic mass is 10.1. The van der Waals surface area contributed by atoms with E-state index >= 15 is 0 Å². The van der Waals surface area contributed by atoms with Gasteiger partial charge in [-0.05, 0) is 32.1 Å². The number of piperidine rings is 2. The number of aromatic amines is 1. The summed E-state index contributed by atoms with van der Waals surface area (Å²) in [5.74, 6) is 0.544. The van der Waals surface area contributed by atoms with Gasteiger partial charge in [0.25, 0.3) is 0 Å². The Hall–Kier alpha value is -2.73. The van der Waals surface area contributed by atoms with E-state index in [0.29, 0.717) is 19.0 Å². The van der Waals surface area contributed by atoms with Crippen LogP contribution in [-0.2, 0) is 10.0 Å². The van der Waals surface area contributed by atoms with Gasteiger partial charge in [-0.15, -0.1) is 5.10 Å². The molecule has 2 saturated heterocycles. The van der Waals surface area contributed by atoms with Gasteiger partial charge in [0.15, 0.2) is 5.65 Å². The molecule has 2 aliphatic rings.